The van der Waals surface area contributed by atoms with E-state index in [2.05, 4.69) is 90.0 Å². The normalized spacial score (nSPS) is 20.8. The Bertz CT molecular complexity index is 2960. The summed E-state index contributed by atoms with van der Waals surface area (Å²) in [6, 6.07) is 17.2. The number of halogens is 1. The molecule has 9 rings (SSSR count). The third-order valence-electron chi connectivity index (χ3n) is 17.0. The second-order valence-corrected chi connectivity index (χ2v) is 29.8. The minimum atomic E-state index is -0.689. The van der Waals surface area contributed by atoms with Gasteiger partial charge in [-0.25, -0.2) is 0 Å². The van der Waals surface area contributed by atoms with E-state index in [9.17, 15) is 0 Å². The predicted molar refractivity (Wildman–Crippen MR) is 367 cm³/mol. The molecule has 0 saturated carbocycles. The molecule has 2 unspecified atom stereocenters. The molecule has 446 valence electrons. The smallest absolute Gasteiger partial charge is 0.405 e. The molecule has 5 aliphatic heterocycles. The fourth-order valence-electron chi connectivity index (χ4n) is 9.43. The summed E-state index contributed by atoms with van der Waals surface area (Å²) in [7, 11) is -1.64. The van der Waals surface area contributed by atoms with Crippen LogP contribution < -0.4 is 0 Å². The van der Waals surface area contributed by atoms with Crippen LogP contribution in [0.1, 0.15) is 182 Å². The third kappa shape index (κ3) is 15.9. The fraction of sp³-hybridized carbons (Fsp3) is 0.567. The Balaban J connectivity index is 0.000000234. The molecule has 0 spiro atoms. The van der Waals surface area contributed by atoms with Gasteiger partial charge in [0.1, 0.15) is 22.8 Å². The zero-order valence-electron chi connectivity index (χ0n) is 51.1. The number of hydrogen-bond donors (Lipinski definition) is 4. The van der Waals surface area contributed by atoms with E-state index in [-0.39, 0.29) is 72.2 Å². The molecule has 9 heterocycles. The average Bonchev–Trinajstić information content (AvgIpc) is 4.49. The third-order valence-corrected chi connectivity index (χ3v) is 22.4. The van der Waals surface area contributed by atoms with Gasteiger partial charge in [-0.1, -0.05) is 79.1 Å². The maximum atomic E-state index is 8.66. The topological polar surface area (TPSA) is 176 Å². The van der Waals surface area contributed by atoms with E-state index in [0.29, 0.717) is 21.4 Å². The van der Waals surface area contributed by atoms with Gasteiger partial charge in [0.2, 0.25) is 0 Å². The van der Waals surface area contributed by atoms with Gasteiger partial charge >= 0.3 is 21.1 Å². The van der Waals surface area contributed by atoms with E-state index in [1.54, 1.807) is 35.1 Å². The van der Waals surface area contributed by atoms with Crippen molar-refractivity contribution in [2.45, 2.75) is 209 Å². The molecule has 0 bridgehead atoms. The Morgan fingerprint density at radius 3 is 1.16 bits per heavy atom. The molecule has 2 atom stereocenters. The van der Waals surface area contributed by atoms with Crippen LogP contribution in [-0.4, -0.2) is 89.0 Å². The minimum Gasteiger partial charge on any atom is -0.405 e. The number of hydrogen-bond acceptors (Lipinski definition) is 16. The van der Waals surface area contributed by atoms with Crippen molar-refractivity contribution in [3.05, 3.63) is 90.4 Å². The van der Waals surface area contributed by atoms with Crippen molar-refractivity contribution in [1.29, 1.82) is 21.6 Å². The van der Waals surface area contributed by atoms with Crippen LogP contribution in [0.25, 0.3) is 19.5 Å². The first-order valence-electron chi connectivity index (χ1n) is 28.5. The average molecular weight is 1290 g/mol. The first-order valence-corrected chi connectivity index (χ1v) is 32.6. The Morgan fingerprint density at radius 2 is 0.780 bits per heavy atom. The van der Waals surface area contributed by atoms with Crippen LogP contribution in [0.5, 0.6) is 0 Å². The summed E-state index contributed by atoms with van der Waals surface area (Å²) < 4.78 is 36.6. The zero-order valence-corrected chi connectivity index (χ0v) is 57.9. The molecule has 82 heavy (non-hydrogen) atoms. The van der Waals surface area contributed by atoms with Crippen molar-refractivity contribution in [3.8, 4) is 19.5 Å². The van der Waals surface area contributed by atoms with Crippen molar-refractivity contribution >= 4 is 144 Å². The molecule has 0 aromatic carbocycles. The Labute approximate surface area is 529 Å². The maximum Gasteiger partial charge on any atom is 0.498 e. The van der Waals surface area contributed by atoms with Gasteiger partial charge in [-0.3, -0.25) is 31.6 Å². The summed E-state index contributed by atoms with van der Waals surface area (Å²) >= 11 is 10.3. The largest absolute Gasteiger partial charge is 0.498 e. The van der Waals surface area contributed by atoms with Gasteiger partial charge in [-0.15, -0.1) is 45.3 Å². The molecular formula is C60H88B3BrN6O6S6. The highest BCUT2D eigenvalue weighted by Gasteiger charge is 2.64. The zero-order chi connectivity index (χ0) is 58.8. The van der Waals surface area contributed by atoms with E-state index in [1.807, 2.05) is 118 Å². The van der Waals surface area contributed by atoms with E-state index in [0.717, 1.165) is 28.0 Å². The summed E-state index contributed by atoms with van der Waals surface area (Å²) in [5.74, 6) is 1.54. The first-order chi connectivity index (χ1) is 37.5. The van der Waals surface area contributed by atoms with Crippen LogP contribution in [0.3, 0.4) is 0 Å². The summed E-state index contributed by atoms with van der Waals surface area (Å²) in [5, 5.41) is 33.4. The van der Waals surface area contributed by atoms with Crippen LogP contribution in [0, 0.1) is 33.5 Å². The Kier molecular flexibility index (Phi) is 24.4. The second kappa shape index (κ2) is 28.5. The van der Waals surface area contributed by atoms with Crippen LogP contribution >= 0.6 is 88.3 Å². The minimum absolute atomic E-state index is 0. The molecule has 0 amide bonds. The van der Waals surface area contributed by atoms with E-state index in [1.165, 1.54) is 87.1 Å². The highest BCUT2D eigenvalue weighted by atomic mass is 79.9. The molecule has 22 heteroatoms. The van der Waals surface area contributed by atoms with Crippen LogP contribution in [0.15, 0.2) is 80.9 Å². The maximum absolute atomic E-state index is 8.66. The van der Waals surface area contributed by atoms with Gasteiger partial charge in [0.05, 0.1) is 59.3 Å². The molecule has 3 fully saturated rings. The SMILES string of the molecule is CC1(C)OB(B2OC(C)(C)C(C)(C)O2)OC1(C)C.CCCCC(CC)Cc1ccc(-c2ccc(C3=NC=C(B4OC(C)(C)C(C)(C)O4)C(=N)C3=N)s2)s1.CCCCC(CC)Cc1ccc(-c2ccc(C3=NC=C(Br)C(=N)C3=N)s2)s1.S.S. The van der Waals surface area contributed by atoms with E-state index >= 15 is 0 Å². The number of nitrogens with zero attached hydrogens (tertiary/aromatic N) is 2. The van der Waals surface area contributed by atoms with Gasteiger partial charge in [-0.2, -0.15) is 27.0 Å². The lowest BCUT2D eigenvalue weighted by Gasteiger charge is -2.32. The highest BCUT2D eigenvalue weighted by Crippen LogP contribution is 2.44. The highest BCUT2D eigenvalue weighted by molar-refractivity contribution is 9.12. The Morgan fingerprint density at radius 1 is 0.451 bits per heavy atom. The fourth-order valence-corrected chi connectivity index (χ4v) is 14.2. The number of aliphatic imine (C=N–C) groups is 2. The van der Waals surface area contributed by atoms with Gasteiger partial charge in [0.25, 0.3) is 0 Å². The second-order valence-electron chi connectivity index (χ2n) is 24.5. The van der Waals surface area contributed by atoms with Crippen molar-refractivity contribution in [1.82, 2.24) is 0 Å². The molecule has 4 N–H and O–H groups in total. The van der Waals surface area contributed by atoms with E-state index in [4.69, 9.17) is 49.6 Å². The molecular weight excluding hydrogens is 1210 g/mol. The monoisotopic (exact) mass is 1290 g/mol. The summed E-state index contributed by atoms with van der Waals surface area (Å²) in [6.07, 6.45) is 15.8. The van der Waals surface area contributed by atoms with Gasteiger partial charge in [0, 0.05) is 47.1 Å². The van der Waals surface area contributed by atoms with Crippen molar-refractivity contribution in [3.63, 3.8) is 0 Å². The first kappa shape index (κ1) is 70.2. The standard InChI is InChI=1S/C27H36BN3O2S2.C21H24BrN3S2.C12H24B2O4.2H2S/c1-7-9-10-17(8-2)15-18-11-12-20(34-18)21-13-14-22(35-21)25-24(30)23(29)19(16-31-25)28-32-26(3,4)27(5,6)33-28;1-3-5-6-13(4-2)11-14-7-8-16(26-14)17-9-10-18(27-17)21-20(24)19(23)15(22)12-25-21;1-9(2)10(3,4)16-13(15-9)14-17-11(5,6)12(7,8)18-14;;/h11-14,16-17,29-30H,7-10,15H2,1-6H3;7-10,12-13,23-24H,3-6,11H2,1-2H3;1-8H3;2*1H2. The molecule has 0 radical (unpaired) electrons. The van der Waals surface area contributed by atoms with Crippen molar-refractivity contribution in [2.75, 3.05) is 0 Å². The summed E-state index contributed by atoms with van der Waals surface area (Å²) in [5.41, 5.74) is -0.233. The van der Waals surface area contributed by atoms with Crippen LogP contribution in [0.4, 0.5) is 0 Å². The molecule has 0 aliphatic carbocycles. The lowest BCUT2D eigenvalue weighted by Crippen LogP contribution is -2.41. The summed E-state index contributed by atoms with van der Waals surface area (Å²) in [6.45, 7) is 33.3. The van der Waals surface area contributed by atoms with Gasteiger partial charge in [-0.05, 0) is 172 Å². The van der Waals surface area contributed by atoms with Crippen LogP contribution in [-0.2, 0) is 40.8 Å². The van der Waals surface area contributed by atoms with Gasteiger partial charge in [0.15, 0.2) is 0 Å². The molecule has 5 aliphatic rings. The number of thiophene rings is 4. The molecule has 3 saturated heterocycles. The van der Waals surface area contributed by atoms with E-state index < -0.39 is 32.3 Å². The van der Waals surface area contributed by atoms with Crippen LogP contribution in [0.2, 0.25) is 0 Å². The quantitative estimate of drug-likeness (QED) is 0.0721. The predicted octanol–water partition coefficient (Wildman–Crippen LogP) is 17.4. The lowest BCUT2D eigenvalue weighted by atomic mass is 9.49. The Hall–Kier alpha value is -2.57. The number of rotatable bonds is 18. The lowest BCUT2D eigenvalue weighted by molar-refractivity contribution is 0.00578. The molecule has 4 aromatic rings. The number of nitrogens with one attached hydrogen (secondary N) is 4. The number of unbranched alkanes of at least 4 members (excludes halogenated alkanes) is 2. The van der Waals surface area contributed by atoms with Gasteiger partial charge < -0.3 is 27.9 Å². The van der Waals surface area contributed by atoms with Crippen molar-refractivity contribution in [2.24, 2.45) is 21.8 Å². The van der Waals surface area contributed by atoms with Crippen molar-refractivity contribution < 1.29 is 27.9 Å². The molecule has 12 nitrogen and oxygen atoms in total. The molecule has 4 aromatic heterocycles. The number of allylic oxidation sites excluding steroid dienone is 2. The summed E-state index contributed by atoms with van der Waals surface area (Å²) in [4.78, 5) is 18.6.